The average Bonchev–Trinajstić information content (AvgIpc) is 2.35. The summed E-state index contributed by atoms with van der Waals surface area (Å²) in [7, 11) is 0. The topological polar surface area (TPSA) is 0 Å². The quantitative estimate of drug-likeness (QED) is 0.501. The third-order valence-corrected chi connectivity index (χ3v) is 2.73. The summed E-state index contributed by atoms with van der Waals surface area (Å²) in [5, 5.41) is 0.645. The summed E-state index contributed by atoms with van der Waals surface area (Å²) in [4.78, 5) is 0. The standard InChI is InChI=1S/C5H8F2S2/c6-5(7)1-4(5)2-9-3-8/h4,8H,1-3H2. The molecule has 9 heavy (non-hydrogen) atoms. The van der Waals surface area contributed by atoms with Crippen molar-refractivity contribution in [2.75, 3.05) is 10.8 Å². The molecule has 1 aliphatic carbocycles. The first-order chi connectivity index (χ1) is 4.17. The highest BCUT2D eigenvalue weighted by Gasteiger charge is 2.56. The SMILES string of the molecule is FC1(F)CC1CSCS. The number of hydrogen-bond donors (Lipinski definition) is 1. The lowest BCUT2D eigenvalue weighted by Crippen LogP contribution is -1.95. The van der Waals surface area contributed by atoms with E-state index in [0.29, 0.717) is 10.8 Å². The number of thiol groups is 1. The second-order valence-electron chi connectivity index (χ2n) is 2.16. The minimum Gasteiger partial charge on any atom is -0.207 e. The van der Waals surface area contributed by atoms with Gasteiger partial charge in [-0.05, 0) is 0 Å². The lowest BCUT2D eigenvalue weighted by molar-refractivity contribution is 0.103. The van der Waals surface area contributed by atoms with Crippen LogP contribution in [0.5, 0.6) is 0 Å². The molecule has 0 bridgehead atoms. The van der Waals surface area contributed by atoms with E-state index in [9.17, 15) is 8.78 Å². The molecule has 0 aromatic carbocycles. The molecule has 0 N–H and O–H groups in total. The van der Waals surface area contributed by atoms with Crippen LogP contribution < -0.4 is 0 Å². The lowest BCUT2D eigenvalue weighted by Gasteiger charge is -1.93. The molecular weight excluding hydrogens is 162 g/mol. The van der Waals surface area contributed by atoms with Crippen LogP contribution in [0.3, 0.4) is 0 Å². The molecule has 0 aromatic rings. The van der Waals surface area contributed by atoms with Crippen LogP contribution in [0.1, 0.15) is 6.42 Å². The summed E-state index contributed by atoms with van der Waals surface area (Å²) in [6, 6.07) is 0. The van der Waals surface area contributed by atoms with Gasteiger partial charge in [0, 0.05) is 23.2 Å². The Kier molecular flexibility index (Phi) is 2.27. The maximum absolute atomic E-state index is 12.1. The van der Waals surface area contributed by atoms with Crippen LogP contribution in [-0.2, 0) is 0 Å². The van der Waals surface area contributed by atoms with Gasteiger partial charge >= 0.3 is 0 Å². The normalized spacial score (nSPS) is 30.3. The smallest absolute Gasteiger partial charge is 0.207 e. The van der Waals surface area contributed by atoms with E-state index < -0.39 is 5.92 Å². The Labute approximate surface area is 62.8 Å². The molecule has 4 heteroatoms. The van der Waals surface area contributed by atoms with Gasteiger partial charge < -0.3 is 0 Å². The predicted octanol–water partition coefficient (Wildman–Crippen LogP) is 2.26. The van der Waals surface area contributed by atoms with Crippen LogP contribution in [0.15, 0.2) is 0 Å². The molecule has 0 aliphatic heterocycles. The van der Waals surface area contributed by atoms with E-state index in [1.807, 2.05) is 0 Å². The van der Waals surface area contributed by atoms with Crippen molar-refractivity contribution in [3.63, 3.8) is 0 Å². The highest BCUT2D eigenvalue weighted by Crippen LogP contribution is 2.49. The number of halogens is 2. The van der Waals surface area contributed by atoms with Crippen LogP contribution in [0.25, 0.3) is 0 Å². The van der Waals surface area contributed by atoms with Crippen LogP contribution in [0.2, 0.25) is 0 Å². The molecule has 1 atom stereocenters. The van der Waals surface area contributed by atoms with Gasteiger partial charge in [-0.15, -0.1) is 0 Å². The second-order valence-corrected chi connectivity index (χ2v) is 3.94. The van der Waals surface area contributed by atoms with Crippen molar-refractivity contribution in [1.82, 2.24) is 0 Å². The van der Waals surface area contributed by atoms with Gasteiger partial charge in [0.1, 0.15) is 0 Å². The van der Waals surface area contributed by atoms with Gasteiger partial charge in [0.25, 0.3) is 5.92 Å². The van der Waals surface area contributed by atoms with Gasteiger partial charge in [-0.1, -0.05) is 0 Å². The zero-order valence-electron chi connectivity index (χ0n) is 4.81. The van der Waals surface area contributed by atoms with Crippen molar-refractivity contribution in [2.45, 2.75) is 12.3 Å². The summed E-state index contributed by atoms with van der Waals surface area (Å²) in [6.45, 7) is 0. The highest BCUT2D eigenvalue weighted by molar-refractivity contribution is 8.09. The molecule has 0 amide bonds. The molecule has 1 saturated carbocycles. The van der Waals surface area contributed by atoms with Crippen molar-refractivity contribution >= 4 is 24.4 Å². The Morgan fingerprint density at radius 3 is 2.56 bits per heavy atom. The molecule has 0 spiro atoms. The van der Waals surface area contributed by atoms with Gasteiger partial charge in [-0.25, -0.2) is 8.78 Å². The largest absolute Gasteiger partial charge is 0.252 e. The maximum Gasteiger partial charge on any atom is 0.252 e. The fourth-order valence-electron chi connectivity index (χ4n) is 0.645. The zero-order chi connectivity index (χ0) is 6.91. The molecule has 0 aromatic heterocycles. The van der Waals surface area contributed by atoms with Gasteiger partial charge in [0.15, 0.2) is 0 Å². The fraction of sp³-hybridized carbons (Fsp3) is 1.00. The van der Waals surface area contributed by atoms with Crippen molar-refractivity contribution in [2.24, 2.45) is 5.92 Å². The number of hydrogen-bond acceptors (Lipinski definition) is 2. The molecule has 54 valence electrons. The van der Waals surface area contributed by atoms with E-state index in [4.69, 9.17) is 0 Å². The fourth-order valence-corrected chi connectivity index (χ4v) is 1.71. The Bertz CT molecular complexity index is 105. The van der Waals surface area contributed by atoms with Gasteiger partial charge in [-0.3, -0.25) is 0 Å². The van der Waals surface area contributed by atoms with Crippen molar-refractivity contribution in [3.8, 4) is 0 Å². The van der Waals surface area contributed by atoms with E-state index in [0.717, 1.165) is 0 Å². The molecular formula is C5H8F2S2. The Balaban J connectivity index is 2.06. The van der Waals surface area contributed by atoms with Crippen LogP contribution in [-0.4, -0.2) is 16.8 Å². The summed E-state index contributed by atoms with van der Waals surface area (Å²) in [5.41, 5.74) is 0. The van der Waals surface area contributed by atoms with E-state index in [1.165, 1.54) is 11.8 Å². The molecule has 1 unspecified atom stereocenters. The summed E-state index contributed by atoms with van der Waals surface area (Å²) in [6.07, 6.45) is 0.0910. The van der Waals surface area contributed by atoms with Crippen molar-refractivity contribution in [3.05, 3.63) is 0 Å². The third kappa shape index (κ3) is 2.00. The molecule has 1 aliphatic rings. The van der Waals surface area contributed by atoms with Crippen LogP contribution in [0, 0.1) is 5.92 Å². The molecule has 1 fully saturated rings. The summed E-state index contributed by atoms with van der Waals surface area (Å²) < 4.78 is 24.2. The first kappa shape index (κ1) is 7.66. The number of alkyl halides is 2. The average molecular weight is 170 g/mol. The molecule has 0 radical (unpaired) electrons. The van der Waals surface area contributed by atoms with Crippen molar-refractivity contribution < 1.29 is 8.78 Å². The Morgan fingerprint density at radius 2 is 2.22 bits per heavy atom. The van der Waals surface area contributed by atoms with Crippen molar-refractivity contribution in [1.29, 1.82) is 0 Å². The van der Waals surface area contributed by atoms with Gasteiger partial charge in [0.2, 0.25) is 0 Å². The first-order valence-electron chi connectivity index (χ1n) is 2.73. The summed E-state index contributed by atoms with van der Waals surface area (Å²) >= 11 is 5.36. The minimum absolute atomic E-state index is 0.0910. The summed E-state index contributed by atoms with van der Waals surface area (Å²) in [5.74, 6) is -2.12. The number of thioether (sulfide) groups is 1. The van der Waals surface area contributed by atoms with E-state index >= 15 is 0 Å². The van der Waals surface area contributed by atoms with Crippen LogP contribution in [0.4, 0.5) is 8.78 Å². The molecule has 0 heterocycles. The molecule has 0 saturated heterocycles. The first-order valence-corrected chi connectivity index (χ1v) is 4.52. The monoisotopic (exact) mass is 170 g/mol. The van der Waals surface area contributed by atoms with Crippen LogP contribution >= 0.6 is 24.4 Å². The molecule has 1 rings (SSSR count). The Morgan fingerprint density at radius 1 is 1.67 bits per heavy atom. The molecule has 0 nitrogen and oxygen atoms in total. The maximum atomic E-state index is 12.1. The van der Waals surface area contributed by atoms with E-state index in [2.05, 4.69) is 12.6 Å². The van der Waals surface area contributed by atoms with E-state index in [-0.39, 0.29) is 12.3 Å². The lowest BCUT2D eigenvalue weighted by atomic mass is 10.5. The van der Waals surface area contributed by atoms with Gasteiger partial charge in [-0.2, -0.15) is 24.4 Å². The Hall–Kier alpha value is 0.560. The van der Waals surface area contributed by atoms with Gasteiger partial charge in [0.05, 0.1) is 0 Å². The van der Waals surface area contributed by atoms with E-state index in [1.54, 1.807) is 0 Å². The zero-order valence-corrected chi connectivity index (χ0v) is 6.52. The predicted molar refractivity (Wildman–Crippen MR) is 39.4 cm³/mol. The number of rotatable bonds is 3. The minimum atomic E-state index is -2.34. The third-order valence-electron chi connectivity index (χ3n) is 1.37. The second kappa shape index (κ2) is 2.66. The highest BCUT2D eigenvalue weighted by atomic mass is 32.2.